The fourth-order valence-electron chi connectivity index (χ4n) is 2.32. The summed E-state index contributed by atoms with van der Waals surface area (Å²) in [7, 11) is 3.39. The van der Waals surface area contributed by atoms with Crippen molar-refractivity contribution < 1.29 is 14.2 Å². The first-order valence-electron chi connectivity index (χ1n) is 7.87. The summed E-state index contributed by atoms with van der Waals surface area (Å²) in [6.45, 7) is 2.94. The van der Waals surface area contributed by atoms with Crippen molar-refractivity contribution in [1.82, 2.24) is 5.32 Å². The minimum atomic E-state index is 0. The minimum Gasteiger partial charge on any atom is -0.493 e. The molecule has 0 amide bonds. The molecule has 0 aromatic heterocycles. The molecule has 0 fully saturated rings. The zero-order chi connectivity index (χ0) is 16.3. The first-order chi connectivity index (χ1) is 11.3. The molecule has 0 unspecified atom stereocenters. The molecule has 24 heavy (non-hydrogen) atoms. The van der Waals surface area contributed by atoms with Gasteiger partial charge in [0.25, 0.3) is 0 Å². The van der Waals surface area contributed by atoms with Crippen LogP contribution in [0.2, 0.25) is 0 Å². The average molecular weight is 352 g/mol. The molecule has 4 nitrogen and oxygen atoms in total. The van der Waals surface area contributed by atoms with Crippen molar-refractivity contribution in [1.29, 1.82) is 0 Å². The fourth-order valence-corrected chi connectivity index (χ4v) is 2.32. The molecule has 2 aromatic rings. The number of para-hydroxylation sites is 1. The van der Waals surface area contributed by atoms with Crippen LogP contribution < -0.4 is 14.8 Å². The van der Waals surface area contributed by atoms with E-state index >= 15 is 0 Å². The van der Waals surface area contributed by atoms with Crippen LogP contribution in [0.3, 0.4) is 0 Å². The third kappa shape index (κ3) is 6.40. The van der Waals surface area contributed by atoms with E-state index < -0.39 is 0 Å². The molecule has 2 rings (SSSR count). The van der Waals surface area contributed by atoms with Gasteiger partial charge in [-0.1, -0.05) is 42.5 Å². The predicted octanol–water partition coefficient (Wildman–Crippen LogP) is 3.82. The van der Waals surface area contributed by atoms with Gasteiger partial charge in [0.15, 0.2) is 11.5 Å². The number of ether oxygens (including phenoxy) is 3. The topological polar surface area (TPSA) is 39.7 Å². The molecule has 0 bridgehead atoms. The van der Waals surface area contributed by atoms with E-state index in [0.717, 1.165) is 48.7 Å². The van der Waals surface area contributed by atoms with E-state index in [0.29, 0.717) is 6.61 Å². The lowest BCUT2D eigenvalue weighted by atomic mass is 10.1. The zero-order valence-electron chi connectivity index (χ0n) is 14.3. The summed E-state index contributed by atoms with van der Waals surface area (Å²) in [6, 6.07) is 16.1. The third-order valence-corrected chi connectivity index (χ3v) is 3.52. The molecule has 0 saturated heterocycles. The minimum absolute atomic E-state index is 0. The molecule has 5 heteroatoms. The SMILES string of the molecule is COCCCNCc1cccc(OC)c1OCc1ccccc1.Cl. The van der Waals surface area contributed by atoms with E-state index in [1.54, 1.807) is 14.2 Å². The second-order valence-corrected chi connectivity index (χ2v) is 5.25. The fraction of sp³-hybridized carbons (Fsp3) is 0.368. The van der Waals surface area contributed by atoms with Crippen LogP contribution in [0.25, 0.3) is 0 Å². The molecule has 0 saturated carbocycles. The number of hydrogen-bond acceptors (Lipinski definition) is 4. The molecule has 0 radical (unpaired) electrons. The lowest BCUT2D eigenvalue weighted by Crippen LogP contribution is -2.17. The Morgan fingerprint density at radius 3 is 2.46 bits per heavy atom. The molecule has 1 N–H and O–H groups in total. The second-order valence-electron chi connectivity index (χ2n) is 5.25. The van der Waals surface area contributed by atoms with Crippen LogP contribution in [0.1, 0.15) is 17.5 Å². The summed E-state index contributed by atoms with van der Waals surface area (Å²) in [4.78, 5) is 0. The molecule has 0 aliphatic rings. The van der Waals surface area contributed by atoms with Crippen molar-refractivity contribution in [2.75, 3.05) is 27.4 Å². The van der Waals surface area contributed by atoms with E-state index in [4.69, 9.17) is 14.2 Å². The number of hydrogen-bond donors (Lipinski definition) is 1. The Morgan fingerprint density at radius 1 is 0.958 bits per heavy atom. The largest absolute Gasteiger partial charge is 0.493 e. The van der Waals surface area contributed by atoms with Crippen LogP contribution in [-0.4, -0.2) is 27.4 Å². The Kier molecular flexibility index (Phi) is 9.92. The maximum absolute atomic E-state index is 6.03. The highest BCUT2D eigenvalue weighted by molar-refractivity contribution is 5.85. The Hall–Kier alpha value is -1.75. The van der Waals surface area contributed by atoms with E-state index in [-0.39, 0.29) is 12.4 Å². The lowest BCUT2D eigenvalue weighted by molar-refractivity contribution is 0.194. The molecule has 132 valence electrons. The average Bonchev–Trinajstić information content (AvgIpc) is 2.61. The van der Waals surface area contributed by atoms with Gasteiger partial charge in [0.05, 0.1) is 7.11 Å². The third-order valence-electron chi connectivity index (χ3n) is 3.52. The lowest BCUT2D eigenvalue weighted by Gasteiger charge is -2.15. The molecule has 0 atom stereocenters. The molecule has 0 spiro atoms. The summed E-state index contributed by atoms with van der Waals surface area (Å²) in [5.41, 5.74) is 2.23. The number of methoxy groups -OCH3 is 2. The summed E-state index contributed by atoms with van der Waals surface area (Å²) >= 11 is 0. The summed E-state index contributed by atoms with van der Waals surface area (Å²) in [5.74, 6) is 1.57. The van der Waals surface area contributed by atoms with Crippen molar-refractivity contribution >= 4 is 12.4 Å². The van der Waals surface area contributed by atoms with Crippen LogP contribution >= 0.6 is 12.4 Å². The highest BCUT2D eigenvalue weighted by atomic mass is 35.5. The molecule has 0 heterocycles. The van der Waals surface area contributed by atoms with Crippen LogP contribution in [0.15, 0.2) is 48.5 Å². The van der Waals surface area contributed by atoms with Crippen LogP contribution in [0.5, 0.6) is 11.5 Å². The van der Waals surface area contributed by atoms with Gasteiger partial charge in [-0.05, 0) is 24.6 Å². The van der Waals surface area contributed by atoms with Gasteiger partial charge < -0.3 is 19.5 Å². The highest BCUT2D eigenvalue weighted by Gasteiger charge is 2.10. The van der Waals surface area contributed by atoms with Crippen molar-refractivity contribution in [2.24, 2.45) is 0 Å². The standard InChI is InChI=1S/C19H25NO3.ClH/c1-21-13-7-12-20-14-17-10-6-11-18(22-2)19(17)23-15-16-8-4-3-5-9-16;/h3-6,8-11,20H,7,12-15H2,1-2H3;1H. The van der Waals surface area contributed by atoms with Crippen LogP contribution in [-0.2, 0) is 17.9 Å². The summed E-state index contributed by atoms with van der Waals surface area (Å²) in [5, 5.41) is 3.41. The maximum Gasteiger partial charge on any atom is 0.166 e. The van der Waals surface area contributed by atoms with Gasteiger partial charge in [-0.15, -0.1) is 12.4 Å². The van der Waals surface area contributed by atoms with Crippen molar-refractivity contribution in [3.05, 3.63) is 59.7 Å². The highest BCUT2D eigenvalue weighted by Crippen LogP contribution is 2.31. The Bertz CT molecular complexity index is 578. The Labute approximate surface area is 150 Å². The molecule has 2 aromatic carbocycles. The maximum atomic E-state index is 6.03. The smallest absolute Gasteiger partial charge is 0.166 e. The normalized spacial score (nSPS) is 10.1. The molecule has 0 aliphatic carbocycles. The van der Waals surface area contributed by atoms with E-state index in [2.05, 4.69) is 23.5 Å². The first-order valence-corrected chi connectivity index (χ1v) is 7.87. The zero-order valence-corrected chi connectivity index (χ0v) is 15.1. The molecular weight excluding hydrogens is 326 g/mol. The van der Waals surface area contributed by atoms with Crippen molar-refractivity contribution in [2.45, 2.75) is 19.6 Å². The number of halogens is 1. The van der Waals surface area contributed by atoms with Gasteiger partial charge in [0.1, 0.15) is 6.61 Å². The Morgan fingerprint density at radius 2 is 1.75 bits per heavy atom. The van der Waals surface area contributed by atoms with Gasteiger partial charge >= 0.3 is 0 Å². The number of rotatable bonds is 10. The summed E-state index contributed by atoms with van der Waals surface area (Å²) in [6.07, 6.45) is 0.987. The number of nitrogens with one attached hydrogen (secondary N) is 1. The van der Waals surface area contributed by atoms with Gasteiger partial charge in [0, 0.05) is 25.8 Å². The van der Waals surface area contributed by atoms with Gasteiger partial charge in [-0.25, -0.2) is 0 Å². The van der Waals surface area contributed by atoms with Gasteiger partial charge in [0.2, 0.25) is 0 Å². The quantitative estimate of drug-likeness (QED) is 0.660. The summed E-state index contributed by atoms with van der Waals surface area (Å²) < 4.78 is 16.5. The number of benzene rings is 2. The molecular formula is C19H26ClNO3. The van der Waals surface area contributed by atoms with Gasteiger partial charge in [-0.3, -0.25) is 0 Å². The van der Waals surface area contributed by atoms with E-state index in [9.17, 15) is 0 Å². The van der Waals surface area contributed by atoms with Gasteiger partial charge in [-0.2, -0.15) is 0 Å². The predicted molar refractivity (Wildman–Crippen MR) is 99.2 cm³/mol. The monoisotopic (exact) mass is 351 g/mol. The first kappa shape index (κ1) is 20.3. The van der Waals surface area contributed by atoms with E-state index in [1.165, 1.54) is 0 Å². The molecule has 0 aliphatic heterocycles. The van der Waals surface area contributed by atoms with Crippen LogP contribution in [0.4, 0.5) is 0 Å². The van der Waals surface area contributed by atoms with Crippen molar-refractivity contribution in [3.8, 4) is 11.5 Å². The van der Waals surface area contributed by atoms with Crippen LogP contribution in [0, 0.1) is 0 Å². The second kappa shape index (κ2) is 11.7. The van der Waals surface area contributed by atoms with Crippen molar-refractivity contribution in [3.63, 3.8) is 0 Å². The van der Waals surface area contributed by atoms with E-state index in [1.807, 2.05) is 30.3 Å². The Balaban J connectivity index is 0.00000288.